The molecule has 1 rings (SSSR count). The monoisotopic (exact) mass is 197 g/mol. The number of hydrogen-bond acceptors (Lipinski definition) is 2. The molecule has 0 aromatic heterocycles. The molecule has 0 saturated carbocycles. The van der Waals surface area contributed by atoms with Gasteiger partial charge in [-0.15, -0.1) is 0 Å². The lowest BCUT2D eigenvalue weighted by Gasteiger charge is -2.29. The van der Waals surface area contributed by atoms with Gasteiger partial charge in [-0.3, -0.25) is 0 Å². The Labute approximate surface area is 87.7 Å². The molecule has 0 bridgehead atoms. The summed E-state index contributed by atoms with van der Waals surface area (Å²) in [7, 11) is 0. The largest absolute Gasteiger partial charge is 0.377 e. The highest BCUT2D eigenvalue weighted by Gasteiger charge is 2.18. The van der Waals surface area contributed by atoms with E-state index in [1.165, 1.54) is 18.4 Å². The summed E-state index contributed by atoms with van der Waals surface area (Å²) in [4.78, 5) is 0. The zero-order valence-corrected chi connectivity index (χ0v) is 9.73. The van der Waals surface area contributed by atoms with E-state index in [0.29, 0.717) is 0 Å². The van der Waals surface area contributed by atoms with Crippen molar-refractivity contribution in [2.24, 2.45) is 0 Å². The fraction of sp³-hybridized carbons (Fsp3) is 0.833. The number of ether oxygens (including phenoxy) is 1. The van der Waals surface area contributed by atoms with Gasteiger partial charge in [0.1, 0.15) is 0 Å². The first kappa shape index (κ1) is 11.7. The van der Waals surface area contributed by atoms with Crippen LogP contribution in [0.5, 0.6) is 0 Å². The molecule has 0 radical (unpaired) electrons. The van der Waals surface area contributed by atoms with Crippen LogP contribution in [0.1, 0.15) is 40.0 Å². The van der Waals surface area contributed by atoms with Crippen molar-refractivity contribution >= 4 is 0 Å². The summed E-state index contributed by atoms with van der Waals surface area (Å²) in [6.07, 6.45) is 5.74. The molecule has 1 aliphatic heterocycles. The van der Waals surface area contributed by atoms with E-state index >= 15 is 0 Å². The fourth-order valence-electron chi connectivity index (χ4n) is 1.56. The molecule has 0 aromatic carbocycles. The van der Waals surface area contributed by atoms with Gasteiger partial charge < -0.3 is 10.1 Å². The number of rotatable bonds is 5. The van der Waals surface area contributed by atoms with E-state index in [0.717, 1.165) is 26.2 Å². The van der Waals surface area contributed by atoms with Crippen molar-refractivity contribution < 1.29 is 4.74 Å². The predicted molar refractivity (Wildman–Crippen MR) is 60.5 cm³/mol. The normalized spacial score (nSPS) is 18.1. The Bertz CT molecular complexity index is 194. The maximum absolute atomic E-state index is 5.41. The molecule has 82 valence electrons. The van der Waals surface area contributed by atoms with Crippen LogP contribution >= 0.6 is 0 Å². The molecule has 0 atom stereocenters. The van der Waals surface area contributed by atoms with E-state index in [4.69, 9.17) is 4.74 Å². The van der Waals surface area contributed by atoms with Crippen molar-refractivity contribution in [2.45, 2.75) is 45.6 Å². The van der Waals surface area contributed by atoms with Gasteiger partial charge in [-0.1, -0.05) is 19.9 Å². The quantitative estimate of drug-likeness (QED) is 0.684. The average Bonchev–Trinajstić information content (AvgIpc) is 2.27. The Morgan fingerprint density at radius 3 is 2.64 bits per heavy atom. The second kappa shape index (κ2) is 5.52. The summed E-state index contributed by atoms with van der Waals surface area (Å²) in [6.45, 7) is 9.46. The third kappa shape index (κ3) is 3.43. The molecule has 0 saturated heterocycles. The van der Waals surface area contributed by atoms with Crippen LogP contribution in [0.2, 0.25) is 0 Å². The van der Waals surface area contributed by atoms with Gasteiger partial charge in [0.25, 0.3) is 0 Å². The third-order valence-electron chi connectivity index (χ3n) is 3.29. The highest BCUT2D eigenvalue weighted by molar-refractivity contribution is 5.07. The third-order valence-corrected chi connectivity index (χ3v) is 3.29. The molecule has 14 heavy (non-hydrogen) atoms. The minimum absolute atomic E-state index is 0.290. The van der Waals surface area contributed by atoms with Crippen LogP contribution in [-0.2, 0) is 4.74 Å². The predicted octanol–water partition coefficient (Wildman–Crippen LogP) is 2.50. The Hall–Kier alpha value is -0.340. The zero-order valence-electron chi connectivity index (χ0n) is 9.73. The molecule has 0 aliphatic carbocycles. The van der Waals surface area contributed by atoms with E-state index in [1.807, 2.05) is 0 Å². The second-order valence-corrected chi connectivity index (χ2v) is 4.32. The highest BCUT2D eigenvalue weighted by Crippen LogP contribution is 2.14. The fourth-order valence-corrected chi connectivity index (χ4v) is 1.56. The van der Waals surface area contributed by atoms with Gasteiger partial charge in [0, 0.05) is 12.1 Å². The summed E-state index contributed by atoms with van der Waals surface area (Å²) >= 11 is 0. The minimum atomic E-state index is 0.290. The zero-order chi connectivity index (χ0) is 10.4. The van der Waals surface area contributed by atoms with Crippen molar-refractivity contribution in [3.05, 3.63) is 11.6 Å². The van der Waals surface area contributed by atoms with Gasteiger partial charge in [0.15, 0.2) is 0 Å². The Kier molecular flexibility index (Phi) is 4.63. The summed E-state index contributed by atoms with van der Waals surface area (Å²) in [6, 6.07) is 0. The Balaban J connectivity index is 2.34. The first-order chi connectivity index (χ1) is 6.70. The van der Waals surface area contributed by atoms with Crippen LogP contribution in [0.3, 0.4) is 0 Å². The topological polar surface area (TPSA) is 21.3 Å². The van der Waals surface area contributed by atoms with E-state index in [1.54, 1.807) is 0 Å². The molecule has 1 N–H and O–H groups in total. The molecular weight excluding hydrogens is 174 g/mol. The first-order valence-corrected chi connectivity index (χ1v) is 5.71. The van der Waals surface area contributed by atoms with Gasteiger partial charge in [0.2, 0.25) is 0 Å². The molecule has 2 nitrogen and oxygen atoms in total. The summed E-state index contributed by atoms with van der Waals surface area (Å²) in [5, 5.41) is 3.62. The van der Waals surface area contributed by atoms with E-state index in [-0.39, 0.29) is 5.54 Å². The van der Waals surface area contributed by atoms with Gasteiger partial charge in [-0.2, -0.15) is 0 Å². The van der Waals surface area contributed by atoms with Crippen molar-refractivity contribution in [3.63, 3.8) is 0 Å². The minimum Gasteiger partial charge on any atom is -0.377 e. The summed E-state index contributed by atoms with van der Waals surface area (Å²) in [5.74, 6) is 0. The summed E-state index contributed by atoms with van der Waals surface area (Å²) in [5.41, 5.74) is 1.70. The van der Waals surface area contributed by atoms with Crippen molar-refractivity contribution in [1.29, 1.82) is 0 Å². The first-order valence-electron chi connectivity index (χ1n) is 5.71. The van der Waals surface area contributed by atoms with Gasteiger partial charge in [-0.25, -0.2) is 0 Å². The Morgan fingerprint density at radius 2 is 2.14 bits per heavy atom. The van der Waals surface area contributed by atoms with Gasteiger partial charge in [-0.05, 0) is 31.8 Å². The van der Waals surface area contributed by atoms with Crippen molar-refractivity contribution in [3.8, 4) is 0 Å². The second-order valence-electron chi connectivity index (χ2n) is 4.32. The van der Waals surface area contributed by atoms with Crippen LogP contribution in [0.4, 0.5) is 0 Å². The lowest BCUT2D eigenvalue weighted by molar-refractivity contribution is 0.147. The van der Waals surface area contributed by atoms with Crippen molar-refractivity contribution in [1.82, 2.24) is 5.32 Å². The van der Waals surface area contributed by atoms with Crippen LogP contribution in [0.15, 0.2) is 11.6 Å². The lowest BCUT2D eigenvalue weighted by Crippen LogP contribution is -2.42. The highest BCUT2D eigenvalue weighted by atomic mass is 16.5. The van der Waals surface area contributed by atoms with E-state index in [9.17, 15) is 0 Å². The maximum atomic E-state index is 5.41. The molecular formula is C12H23NO. The standard InChI is InChI=1S/C12H23NO/c1-4-12(3,5-2)13-9-11-7-6-8-14-10-11/h7,13H,4-6,8-10H2,1-3H3. The van der Waals surface area contributed by atoms with Crippen LogP contribution < -0.4 is 5.32 Å². The molecule has 0 amide bonds. The molecule has 0 fully saturated rings. The average molecular weight is 197 g/mol. The van der Waals surface area contributed by atoms with Gasteiger partial charge >= 0.3 is 0 Å². The van der Waals surface area contributed by atoms with Gasteiger partial charge in [0.05, 0.1) is 13.2 Å². The van der Waals surface area contributed by atoms with Crippen LogP contribution in [0.25, 0.3) is 0 Å². The maximum Gasteiger partial charge on any atom is 0.0689 e. The van der Waals surface area contributed by atoms with Crippen LogP contribution in [0, 0.1) is 0 Å². The molecule has 1 aliphatic rings. The lowest BCUT2D eigenvalue weighted by atomic mass is 9.95. The SMILES string of the molecule is CCC(C)(CC)NCC1=CCCOC1. The van der Waals surface area contributed by atoms with Crippen LogP contribution in [-0.4, -0.2) is 25.3 Å². The molecule has 0 spiro atoms. The molecule has 2 heteroatoms. The van der Waals surface area contributed by atoms with E-state index in [2.05, 4.69) is 32.2 Å². The molecule has 0 unspecified atom stereocenters. The molecule has 1 heterocycles. The van der Waals surface area contributed by atoms with E-state index < -0.39 is 0 Å². The van der Waals surface area contributed by atoms with Crippen molar-refractivity contribution in [2.75, 3.05) is 19.8 Å². The smallest absolute Gasteiger partial charge is 0.0689 e. The summed E-state index contributed by atoms with van der Waals surface area (Å²) < 4.78 is 5.41. The number of hydrogen-bond donors (Lipinski definition) is 1. The molecule has 0 aromatic rings. The Morgan fingerprint density at radius 1 is 1.43 bits per heavy atom. The number of nitrogens with one attached hydrogen (secondary N) is 1.